The average molecular weight is 1560 g/mol. The molecule has 0 saturated carbocycles. The highest BCUT2D eigenvalue weighted by Gasteiger charge is 2.25. The van der Waals surface area contributed by atoms with Gasteiger partial charge in [-0.05, 0) is 86.2 Å². The molecule has 113 heavy (non-hydrogen) atoms. The Bertz CT molecular complexity index is 3040. The SMILES string of the molecule is CCCCCCCCCCCCCCCCOc1cc(OCCCCCCCCCCCCCCCC)cc(C(=O)Nc2cc(C(=O)Oc3cccc(C4=N[C@@H](c5ccccc5)CO4)n3)cc(NC(=O)c3cc(OCCCCCCCCCCCCCCCC)cc(OCCCCCCCCCCCCCCCC)c3)c2C)c1. The largest absolute Gasteiger partial charge is 0.493 e. The normalized spacial score (nSPS) is 12.6. The van der Waals surface area contributed by atoms with Crippen LogP contribution in [-0.4, -0.2) is 61.7 Å². The van der Waals surface area contributed by atoms with Gasteiger partial charge in [0.15, 0.2) is 0 Å². The van der Waals surface area contributed by atoms with Gasteiger partial charge in [0.25, 0.3) is 11.8 Å². The number of amides is 2. The molecule has 0 unspecified atom stereocenters. The topological polar surface area (TPSA) is 156 Å². The van der Waals surface area contributed by atoms with Crippen LogP contribution in [0.4, 0.5) is 11.4 Å². The smallest absolute Gasteiger partial charge is 0.345 e. The first kappa shape index (κ1) is 95.0. The van der Waals surface area contributed by atoms with Crippen molar-refractivity contribution in [3.05, 3.63) is 131 Å². The molecule has 5 aromatic rings. The number of aliphatic imine (C=N–C) groups is 1. The van der Waals surface area contributed by atoms with Crippen LogP contribution in [0.1, 0.15) is 441 Å². The molecular weight excluding hydrogens is 1400 g/mol. The van der Waals surface area contributed by atoms with Crippen molar-refractivity contribution in [2.75, 3.05) is 43.7 Å². The number of nitrogens with zero attached hydrogens (tertiary/aromatic N) is 2. The quantitative estimate of drug-likeness (QED) is 0.0284. The predicted octanol–water partition coefficient (Wildman–Crippen LogP) is 30.1. The molecule has 0 radical (unpaired) electrons. The molecule has 6 rings (SSSR count). The fourth-order valence-corrected chi connectivity index (χ4v) is 15.3. The van der Waals surface area contributed by atoms with E-state index in [9.17, 15) is 14.4 Å². The number of hydrogen-bond acceptors (Lipinski definition) is 11. The fourth-order valence-electron chi connectivity index (χ4n) is 15.3. The monoisotopic (exact) mass is 1560 g/mol. The van der Waals surface area contributed by atoms with Gasteiger partial charge in [-0.1, -0.05) is 398 Å². The van der Waals surface area contributed by atoms with Gasteiger partial charge in [-0.15, -0.1) is 0 Å². The highest BCUT2D eigenvalue weighted by molar-refractivity contribution is 6.09. The van der Waals surface area contributed by atoms with Gasteiger partial charge in [-0.2, -0.15) is 0 Å². The molecular formula is C100H156N4O9. The summed E-state index contributed by atoms with van der Waals surface area (Å²) in [4.78, 5) is 54.2. The molecule has 13 heteroatoms. The zero-order valence-electron chi connectivity index (χ0n) is 72.0. The third kappa shape index (κ3) is 43.6. The van der Waals surface area contributed by atoms with Gasteiger partial charge in [0, 0.05) is 40.7 Å². The summed E-state index contributed by atoms with van der Waals surface area (Å²) in [5, 5.41) is 6.29. The fraction of sp³-hybridized carbons (Fsp3) is 0.670. The molecule has 0 bridgehead atoms. The summed E-state index contributed by atoms with van der Waals surface area (Å²) in [6.07, 6.45) is 71.2. The van der Waals surface area contributed by atoms with Crippen LogP contribution in [0, 0.1) is 6.92 Å². The number of pyridine rings is 1. The maximum Gasteiger partial charge on any atom is 0.345 e. The first-order valence-electron chi connectivity index (χ1n) is 46.7. The lowest BCUT2D eigenvalue weighted by atomic mass is 10.0. The Kier molecular flexibility index (Phi) is 53.2. The minimum absolute atomic E-state index is 0.0266. The molecule has 0 fully saturated rings. The second-order valence-electron chi connectivity index (χ2n) is 32.7. The van der Waals surface area contributed by atoms with Gasteiger partial charge >= 0.3 is 5.97 Å². The molecule has 2 heterocycles. The molecule has 1 aromatic heterocycles. The zero-order chi connectivity index (χ0) is 79.9. The van der Waals surface area contributed by atoms with E-state index in [0.717, 1.165) is 56.9 Å². The minimum Gasteiger partial charge on any atom is -0.493 e. The Morgan fingerprint density at radius 1 is 0.345 bits per heavy atom. The van der Waals surface area contributed by atoms with Gasteiger partial charge in [0.2, 0.25) is 11.8 Å². The van der Waals surface area contributed by atoms with Gasteiger partial charge in [-0.25, -0.2) is 14.8 Å². The van der Waals surface area contributed by atoms with E-state index in [1.54, 1.807) is 54.6 Å². The maximum atomic E-state index is 15.0. The standard InChI is InChI=1S/C100H156N4O9/c1-6-10-14-18-22-26-30-34-38-42-46-50-54-61-70-108-88-74-85(75-89(80-88)109-71-62-55-51-47-43-39-35-31-27-23-19-15-11-7-2)97(105)102-93-78-87(100(107)113-96-69-65-68-92(101-96)99-104-95(82-112-99)84-66-59-58-60-67-84)79-94(83(93)5)103-98(106)86-76-90(110-72-63-56-52-48-44-40-36-32-28-24-20-16-12-8-3)81-91(77-86)111-73-64-57-53-49-45-41-37-33-29-25-21-17-13-9-4/h58-60,65-69,74-81,95H,6-57,61-64,70-73,82H2,1-5H3,(H,102,105)(H,103,106)/t95-/m1/s1. The minimum atomic E-state index is -0.756. The summed E-state index contributed by atoms with van der Waals surface area (Å²) in [5.74, 6) is 0.954. The molecule has 1 atom stereocenters. The predicted molar refractivity (Wildman–Crippen MR) is 474 cm³/mol. The Labute approximate surface area is 687 Å². The molecule has 4 aromatic carbocycles. The Hall–Kier alpha value is -6.89. The van der Waals surface area contributed by atoms with Crippen LogP contribution in [-0.2, 0) is 4.74 Å². The number of esters is 1. The van der Waals surface area contributed by atoms with Crippen molar-refractivity contribution in [2.24, 2.45) is 4.99 Å². The molecule has 2 amide bonds. The second-order valence-corrected chi connectivity index (χ2v) is 32.7. The summed E-state index contributed by atoms with van der Waals surface area (Å²) in [6.45, 7) is 13.4. The molecule has 2 N–H and O–H groups in total. The number of hydrogen-bond donors (Lipinski definition) is 2. The maximum absolute atomic E-state index is 15.0. The van der Waals surface area contributed by atoms with Crippen molar-refractivity contribution in [3.8, 4) is 28.9 Å². The van der Waals surface area contributed by atoms with E-state index in [2.05, 4.69) is 43.3 Å². The Morgan fingerprint density at radius 2 is 0.637 bits per heavy atom. The van der Waals surface area contributed by atoms with Gasteiger partial charge in [0.1, 0.15) is 41.3 Å². The van der Waals surface area contributed by atoms with Crippen LogP contribution in [0.2, 0.25) is 0 Å². The van der Waals surface area contributed by atoms with Crippen molar-refractivity contribution in [1.29, 1.82) is 0 Å². The number of carbonyl (C=O) groups excluding carboxylic acids is 3. The first-order chi connectivity index (χ1) is 55.7. The van der Waals surface area contributed by atoms with Gasteiger partial charge in [-0.3, -0.25) is 9.59 Å². The number of aromatic nitrogens is 1. The van der Waals surface area contributed by atoms with Crippen LogP contribution >= 0.6 is 0 Å². The van der Waals surface area contributed by atoms with Crippen molar-refractivity contribution >= 4 is 35.1 Å². The zero-order valence-corrected chi connectivity index (χ0v) is 72.0. The van der Waals surface area contributed by atoms with Crippen LogP contribution in [0.15, 0.2) is 102 Å². The van der Waals surface area contributed by atoms with E-state index >= 15 is 0 Å². The van der Waals surface area contributed by atoms with Gasteiger partial charge in [0.05, 0.1) is 32.0 Å². The van der Waals surface area contributed by atoms with E-state index in [4.69, 9.17) is 33.4 Å². The van der Waals surface area contributed by atoms with Crippen LogP contribution in [0.3, 0.4) is 0 Å². The Morgan fingerprint density at radius 3 is 0.938 bits per heavy atom. The summed E-state index contributed by atoms with van der Waals surface area (Å²) >= 11 is 0. The number of rotatable bonds is 72. The van der Waals surface area contributed by atoms with E-state index in [0.29, 0.717) is 95.7 Å². The lowest BCUT2D eigenvalue weighted by Crippen LogP contribution is -2.18. The van der Waals surface area contributed by atoms with Crippen molar-refractivity contribution in [2.45, 2.75) is 400 Å². The number of carbonyl (C=O) groups is 3. The molecule has 13 nitrogen and oxygen atoms in total. The second kappa shape index (κ2) is 63.3. The van der Waals surface area contributed by atoms with E-state index in [1.165, 1.54) is 308 Å². The summed E-state index contributed by atoms with van der Waals surface area (Å²) in [6, 6.07) is 28.9. The molecule has 1 aliphatic heterocycles. The number of nitrogens with one attached hydrogen (secondary N) is 2. The van der Waals surface area contributed by atoms with Crippen LogP contribution in [0.5, 0.6) is 28.9 Å². The third-order valence-electron chi connectivity index (χ3n) is 22.5. The first-order valence-corrected chi connectivity index (χ1v) is 46.7. The lowest BCUT2D eigenvalue weighted by Gasteiger charge is -2.17. The third-order valence-corrected chi connectivity index (χ3v) is 22.5. The number of benzene rings is 4. The molecule has 0 spiro atoms. The van der Waals surface area contributed by atoms with Crippen LogP contribution < -0.4 is 34.3 Å². The highest BCUT2D eigenvalue weighted by Crippen LogP contribution is 2.33. The molecule has 0 aliphatic carbocycles. The summed E-state index contributed by atoms with van der Waals surface area (Å²) in [5.41, 5.74) is 3.28. The summed E-state index contributed by atoms with van der Waals surface area (Å²) in [7, 11) is 0. The van der Waals surface area contributed by atoms with Crippen LogP contribution in [0.25, 0.3) is 0 Å². The van der Waals surface area contributed by atoms with Crippen molar-refractivity contribution < 1.29 is 42.8 Å². The van der Waals surface area contributed by atoms with E-state index in [-0.39, 0.29) is 17.5 Å². The number of anilines is 2. The summed E-state index contributed by atoms with van der Waals surface area (Å²) < 4.78 is 38.0. The number of ether oxygens (including phenoxy) is 6. The van der Waals surface area contributed by atoms with Gasteiger partial charge < -0.3 is 39.1 Å². The van der Waals surface area contributed by atoms with E-state index < -0.39 is 17.8 Å². The average Bonchev–Trinajstić information content (AvgIpc) is 1.11. The van der Waals surface area contributed by atoms with Crippen molar-refractivity contribution in [3.63, 3.8) is 0 Å². The highest BCUT2D eigenvalue weighted by atomic mass is 16.5. The lowest BCUT2D eigenvalue weighted by molar-refractivity contribution is 0.0726. The molecule has 0 saturated heterocycles. The molecule has 1 aliphatic rings. The van der Waals surface area contributed by atoms with E-state index in [1.807, 2.05) is 49.4 Å². The Balaban J connectivity index is 1.18. The molecule has 630 valence electrons. The number of unbranched alkanes of at least 4 members (excludes halogenated alkanes) is 52. The van der Waals surface area contributed by atoms with Crippen molar-refractivity contribution in [1.82, 2.24) is 4.98 Å².